The molecular weight excluding hydrogens is 280 g/mol. The molecule has 1 aromatic carbocycles. The van der Waals surface area contributed by atoms with Crippen molar-refractivity contribution in [2.75, 3.05) is 11.9 Å². The van der Waals surface area contributed by atoms with Crippen molar-refractivity contribution < 1.29 is 14.7 Å². The van der Waals surface area contributed by atoms with Crippen LogP contribution in [0.4, 0.5) is 10.5 Å². The van der Waals surface area contributed by atoms with Crippen molar-refractivity contribution in [1.29, 1.82) is 0 Å². The molecule has 1 atom stereocenters. The minimum atomic E-state index is -1.06. The summed E-state index contributed by atoms with van der Waals surface area (Å²) in [7, 11) is 0. The maximum absolute atomic E-state index is 11.8. The van der Waals surface area contributed by atoms with Crippen LogP contribution in [0.25, 0.3) is 0 Å². The van der Waals surface area contributed by atoms with E-state index in [1.54, 1.807) is 0 Å². The number of hydrogen-bond donors (Lipinski definition) is 3. The van der Waals surface area contributed by atoms with Gasteiger partial charge in [-0.25, -0.2) is 9.59 Å². The van der Waals surface area contributed by atoms with E-state index in [0.717, 1.165) is 0 Å². The Morgan fingerprint density at radius 1 is 1.45 bits per heavy atom. The van der Waals surface area contributed by atoms with Crippen LogP contribution in [0.1, 0.15) is 30.1 Å². The number of amides is 2. The minimum Gasteiger partial charge on any atom is -0.478 e. The third kappa shape index (κ3) is 3.87. The van der Waals surface area contributed by atoms with Gasteiger partial charge in [0.05, 0.1) is 16.3 Å². The van der Waals surface area contributed by atoms with Gasteiger partial charge in [-0.3, -0.25) is 0 Å². The molecule has 6 heteroatoms. The Balaban J connectivity index is 1.92. The van der Waals surface area contributed by atoms with Gasteiger partial charge in [-0.15, -0.1) is 0 Å². The maximum Gasteiger partial charge on any atom is 0.335 e. The summed E-state index contributed by atoms with van der Waals surface area (Å²) in [6.45, 7) is 2.71. The predicted octanol–water partition coefficient (Wildman–Crippen LogP) is 3.21. The lowest BCUT2D eigenvalue weighted by Gasteiger charge is -2.13. The molecule has 1 aliphatic rings. The molecule has 0 spiro atoms. The summed E-state index contributed by atoms with van der Waals surface area (Å²) in [5.41, 5.74) is 0.374. The second-order valence-electron chi connectivity index (χ2n) is 5.15. The molecule has 20 heavy (non-hydrogen) atoms. The van der Waals surface area contributed by atoms with Gasteiger partial charge >= 0.3 is 12.0 Å². The predicted molar refractivity (Wildman–Crippen MR) is 77.3 cm³/mol. The van der Waals surface area contributed by atoms with Crippen LogP contribution in [-0.4, -0.2) is 23.7 Å². The van der Waals surface area contributed by atoms with E-state index in [4.69, 9.17) is 16.7 Å². The van der Waals surface area contributed by atoms with Gasteiger partial charge in [-0.05, 0) is 42.9 Å². The van der Waals surface area contributed by atoms with Gasteiger partial charge in [0, 0.05) is 6.54 Å². The number of hydrogen-bond acceptors (Lipinski definition) is 2. The number of rotatable bonds is 5. The Morgan fingerprint density at radius 2 is 2.15 bits per heavy atom. The van der Waals surface area contributed by atoms with Crippen LogP contribution < -0.4 is 10.6 Å². The lowest BCUT2D eigenvalue weighted by Crippen LogP contribution is -2.33. The van der Waals surface area contributed by atoms with E-state index < -0.39 is 5.97 Å². The molecular formula is C14H17ClN2O3. The number of halogens is 1. The van der Waals surface area contributed by atoms with Gasteiger partial charge in [0.15, 0.2) is 0 Å². The smallest absolute Gasteiger partial charge is 0.335 e. The van der Waals surface area contributed by atoms with Crippen molar-refractivity contribution >= 4 is 29.3 Å². The summed E-state index contributed by atoms with van der Waals surface area (Å²) in [5.74, 6) is 0.114. The first kappa shape index (κ1) is 14.7. The minimum absolute atomic E-state index is 0.0797. The average Bonchev–Trinajstić information content (AvgIpc) is 3.22. The molecule has 1 fully saturated rings. The van der Waals surface area contributed by atoms with Crippen molar-refractivity contribution in [3.05, 3.63) is 28.8 Å². The standard InChI is InChI=1S/C14H17ClN2O3/c1-8(9-2-3-9)7-16-14(20)17-12-6-10(13(18)19)4-5-11(12)15/h4-6,8-9H,2-3,7H2,1H3,(H,18,19)(H2,16,17,20). The number of anilines is 1. The van der Waals surface area contributed by atoms with Gasteiger partial charge in [0.2, 0.25) is 0 Å². The first-order chi connectivity index (χ1) is 9.47. The third-order valence-corrected chi connectivity index (χ3v) is 3.80. The van der Waals surface area contributed by atoms with Gasteiger partial charge in [-0.2, -0.15) is 0 Å². The largest absolute Gasteiger partial charge is 0.478 e. The summed E-state index contributed by atoms with van der Waals surface area (Å²) in [4.78, 5) is 22.6. The van der Waals surface area contributed by atoms with Crippen LogP contribution in [0.2, 0.25) is 5.02 Å². The molecule has 0 saturated heterocycles. The van der Waals surface area contributed by atoms with Crippen molar-refractivity contribution in [3.63, 3.8) is 0 Å². The van der Waals surface area contributed by atoms with E-state index in [2.05, 4.69) is 17.6 Å². The van der Waals surface area contributed by atoms with Gasteiger partial charge in [-0.1, -0.05) is 18.5 Å². The molecule has 1 aromatic rings. The lowest BCUT2D eigenvalue weighted by atomic mass is 10.1. The van der Waals surface area contributed by atoms with E-state index in [9.17, 15) is 9.59 Å². The Kier molecular flexibility index (Phi) is 4.49. The van der Waals surface area contributed by atoms with E-state index in [1.165, 1.54) is 31.0 Å². The second-order valence-corrected chi connectivity index (χ2v) is 5.56. The quantitative estimate of drug-likeness (QED) is 0.780. The highest BCUT2D eigenvalue weighted by Gasteiger charge is 2.27. The van der Waals surface area contributed by atoms with Crippen molar-refractivity contribution in [2.24, 2.45) is 11.8 Å². The Bertz CT molecular complexity index is 529. The Hall–Kier alpha value is -1.75. The molecule has 2 rings (SSSR count). The van der Waals surface area contributed by atoms with Crippen LogP contribution in [0.5, 0.6) is 0 Å². The zero-order valence-electron chi connectivity index (χ0n) is 11.1. The van der Waals surface area contributed by atoms with E-state index in [-0.39, 0.29) is 11.6 Å². The number of nitrogens with one attached hydrogen (secondary N) is 2. The Labute approximate surface area is 122 Å². The second kappa shape index (κ2) is 6.13. The normalized spacial score (nSPS) is 15.5. The molecule has 1 unspecified atom stereocenters. The monoisotopic (exact) mass is 296 g/mol. The van der Waals surface area contributed by atoms with Crippen molar-refractivity contribution in [1.82, 2.24) is 5.32 Å². The zero-order chi connectivity index (χ0) is 14.7. The summed E-state index contributed by atoms with van der Waals surface area (Å²) in [6.07, 6.45) is 2.47. The van der Waals surface area contributed by atoms with Crippen LogP contribution in [0, 0.1) is 11.8 Å². The topological polar surface area (TPSA) is 78.4 Å². The molecule has 108 valence electrons. The van der Waals surface area contributed by atoms with Gasteiger partial charge in [0.25, 0.3) is 0 Å². The number of urea groups is 1. The molecule has 0 radical (unpaired) electrons. The summed E-state index contributed by atoms with van der Waals surface area (Å²) in [6, 6.07) is 3.81. The Morgan fingerprint density at radius 3 is 2.75 bits per heavy atom. The molecule has 1 aliphatic carbocycles. The van der Waals surface area contributed by atoms with Crippen LogP contribution >= 0.6 is 11.6 Å². The van der Waals surface area contributed by atoms with E-state index in [0.29, 0.717) is 29.1 Å². The molecule has 3 N–H and O–H groups in total. The molecule has 0 bridgehead atoms. The van der Waals surface area contributed by atoms with Gasteiger partial charge in [0.1, 0.15) is 0 Å². The maximum atomic E-state index is 11.8. The highest BCUT2D eigenvalue weighted by molar-refractivity contribution is 6.33. The first-order valence-corrected chi connectivity index (χ1v) is 6.93. The van der Waals surface area contributed by atoms with Crippen LogP contribution in [-0.2, 0) is 0 Å². The fraction of sp³-hybridized carbons (Fsp3) is 0.429. The molecule has 0 heterocycles. The van der Waals surface area contributed by atoms with Crippen molar-refractivity contribution in [3.8, 4) is 0 Å². The molecule has 1 saturated carbocycles. The number of carbonyl (C=O) groups is 2. The van der Waals surface area contributed by atoms with Gasteiger partial charge < -0.3 is 15.7 Å². The number of carboxylic acids is 1. The molecule has 0 aromatic heterocycles. The SMILES string of the molecule is CC(CNC(=O)Nc1cc(C(=O)O)ccc1Cl)C1CC1. The van der Waals surface area contributed by atoms with E-state index in [1.807, 2.05) is 0 Å². The highest BCUT2D eigenvalue weighted by Crippen LogP contribution is 2.36. The number of carboxylic acid groups (broad SMARTS) is 1. The summed E-state index contributed by atoms with van der Waals surface area (Å²) >= 11 is 5.93. The average molecular weight is 297 g/mol. The fourth-order valence-electron chi connectivity index (χ4n) is 2.01. The summed E-state index contributed by atoms with van der Waals surface area (Å²) in [5, 5.41) is 14.6. The number of carbonyl (C=O) groups excluding carboxylic acids is 1. The van der Waals surface area contributed by atoms with Crippen LogP contribution in [0.3, 0.4) is 0 Å². The fourth-order valence-corrected chi connectivity index (χ4v) is 2.17. The highest BCUT2D eigenvalue weighted by atomic mass is 35.5. The molecule has 0 aliphatic heterocycles. The number of aromatic carboxylic acids is 1. The molecule has 2 amide bonds. The molecule has 5 nitrogen and oxygen atoms in total. The van der Waals surface area contributed by atoms with Crippen molar-refractivity contribution in [2.45, 2.75) is 19.8 Å². The first-order valence-electron chi connectivity index (χ1n) is 6.55. The number of benzene rings is 1. The summed E-state index contributed by atoms with van der Waals surface area (Å²) < 4.78 is 0. The van der Waals surface area contributed by atoms with Crippen LogP contribution in [0.15, 0.2) is 18.2 Å². The third-order valence-electron chi connectivity index (χ3n) is 3.47. The van der Waals surface area contributed by atoms with E-state index >= 15 is 0 Å². The zero-order valence-corrected chi connectivity index (χ0v) is 11.9. The lowest BCUT2D eigenvalue weighted by molar-refractivity contribution is 0.0697.